The van der Waals surface area contributed by atoms with Crippen molar-refractivity contribution in [1.82, 2.24) is 0 Å². The number of nitrogens with zero attached hydrogens (tertiary/aromatic N) is 1. The van der Waals surface area contributed by atoms with Gasteiger partial charge in [0.05, 0.1) is 5.56 Å². The first-order valence-corrected chi connectivity index (χ1v) is 6.91. The summed E-state index contributed by atoms with van der Waals surface area (Å²) in [4.78, 5) is 13.5. The zero-order valence-corrected chi connectivity index (χ0v) is 12.7. The van der Waals surface area contributed by atoms with Crippen LogP contribution in [0, 0.1) is 0 Å². The number of benzene rings is 2. The molecule has 2 aromatic carbocycles. The average molecular weight is 334 g/mol. The van der Waals surface area contributed by atoms with E-state index in [1.807, 2.05) is 42.3 Å². The SMILES string of the molecule is CN(Cc1cccc(Br)c1)c1ccc(N)cc1C(N)=O. The molecule has 0 fully saturated rings. The first-order valence-electron chi connectivity index (χ1n) is 6.12. The van der Waals surface area contributed by atoms with Gasteiger partial charge in [0.1, 0.15) is 0 Å². The number of anilines is 2. The van der Waals surface area contributed by atoms with Gasteiger partial charge in [-0.05, 0) is 35.9 Å². The van der Waals surface area contributed by atoms with Crippen LogP contribution in [0.3, 0.4) is 0 Å². The molecule has 4 N–H and O–H groups in total. The van der Waals surface area contributed by atoms with E-state index in [4.69, 9.17) is 11.5 Å². The smallest absolute Gasteiger partial charge is 0.250 e. The van der Waals surface area contributed by atoms with Crippen molar-refractivity contribution < 1.29 is 4.79 Å². The fourth-order valence-electron chi connectivity index (χ4n) is 2.08. The van der Waals surface area contributed by atoms with Crippen molar-refractivity contribution in [3.8, 4) is 0 Å². The Balaban J connectivity index is 2.29. The second kappa shape index (κ2) is 5.96. The van der Waals surface area contributed by atoms with Gasteiger partial charge < -0.3 is 16.4 Å². The van der Waals surface area contributed by atoms with Crippen LogP contribution in [-0.2, 0) is 6.54 Å². The lowest BCUT2D eigenvalue weighted by Gasteiger charge is -2.22. The highest BCUT2D eigenvalue weighted by Gasteiger charge is 2.12. The van der Waals surface area contributed by atoms with Gasteiger partial charge >= 0.3 is 0 Å². The molecule has 0 aromatic heterocycles. The van der Waals surface area contributed by atoms with Crippen LogP contribution >= 0.6 is 15.9 Å². The monoisotopic (exact) mass is 333 g/mol. The number of rotatable bonds is 4. The predicted octanol–water partition coefficient (Wildman–Crippen LogP) is 2.77. The Kier molecular flexibility index (Phi) is 4.29. The quantitative estimate of drug-likeness (QED) is 0.845. The molecule has 2 rings (SSSR count). The number of nitrogens with two attached hydrogens (primary N) is 2. The van der Waals surface area contributed by atoms with Gasteiger partial charge in [-0.25, -0.2) is 0 Å². The molecule has 104 valence electrons. The van der Waals surface area contributed by atoms with Crippen LogP contribution in [0.15, 0.2) is 46.9 Å². The third-order valence-electron chi connectivity index (χ3n) is 3.01. The summed E-state index contributed by atoms with van der Waals surface area (Å²) in [6, 6.07) is 13.2. The molecule has 2 aromatic rings. The zero-order chi connectivity index (χ0) is 14.7. The molecule has 0 radical (unpaired) electrons. The Bertz CT molecular complexity index is 643. The second-order valence-corrected chi connectivity index (χ2v) is 5.54. The van der Waals surface area contributed by atoms with Gasteiger partial charge in [-0.2, -0.15) is 0 Å². The number of hydrogen-bond donors (Lipinski definition) is 2. The minimum absolute atomic E-state index is 0.433. The molecule has 0 aliphatic heterocycles. The maximum atomic E-state index is 11.5. The lowest BCUT2D eigenvalue weighted by Crippen LogP contribution is -2.22. The molecular weight excluding hydrogens is 318 g/mol. The van der Waals surface area contributed by atoms with Gasteiger partial charge in [-0.3, -0.25) is 4.79 Å². The van der Waals surface area contributed by atoms with E-state index in [2.05, 4.69) is 15.9 Å². The van der Waals surface area contributed by atoms with E-state index in [9.17, 15) is 4.79 Å². The molecule has 0 unspecified atom stereocenters. The number of halogens is 1. The molecule has 20 heavy (non-hydrogen) atoms. The van der Waals surface area contributed by atoms with Crippen LogP contribution in [0.25, 0.3) is 0 Å². The van der Waals surface area contributed by atoms with Gasteiger partial charge in [-0.15, -0.1) is 0 Å². The van der Waals surface area contributed by atoms with Crippen molar-refractivity contribution >= 4 is 33.2 Å². The summed E-state index contributed by atoms with van der Waals surface area (Å²) in [6.07, 6.45) is 0. The topological polar surface area (TPSA) is 72.3 Å². The summed E-state index contributed by atoms with van der Waals surface area (Å²) in [7, 11) is 1.92. The summed E-state index contributed by atoms with van der Waals surface area (Å²) in [5.41, 5.74) is 14.0. The second-order valence-electron chi connectivity index (χ2n) is 4.63. The number of hydrogen-bond acceptors (Lipinski definition) is 3. The molecule has 0 heterocycles. The highest BCUT2D eigenvalue weighted by molar-refractivity contribution is 9.10. The number of amides is 1. The molecular formula is C15H16BrN3O. The van der Waals surface area contributed by atoms with Crippen LogP contribution in [0.2, 0.25) is 0 Å². The van der Waals surface area contributed by atoms with Gasteiger partial charge in [0.2, 0.25) is 0 Å². The van der Waals surface area contributed by atoms with E-state index in [-0.39, 0.29) is 0 Å². The first kappa shape index (κ1) is 14.4. The van der Waals surface area contributed by atoms with Crippen LogP contribution in [0.1, 0.15) is 15.9 Å². The predicted molar refractivity (Wildman–Crippen MR) is 85.6 cm³/mol. The van der Waals surface area contributed by atoms with Crippen molar-refractivity contribution in [2.24, 2.45) is 5.73 Å². The average Bonchev–Trinajstić information content (AvgIpc) is 2.38. The van der Waals surface area contributed by atoms with Crippen LogP contribution < -0.4 is 16.4 Å². The van der Waals surface area contributed by atoms with E-state index in [1.165, 1.54) is 0 Å². The fraction of sp³-hybridized carbons (Fsp3) is 0.133. The molecule has 0 aliphatic carbocycles. The molecule has 0 saturated heterocycles. The molecule has 0 spiro atoms. The van der Waals surface area contributed by atoms with Crippen LogP contribution in [0.5, 0.6) is 0 Å². The number of primary amides is 1. The van der Waals surface area contributed by atoms with Gasteiger partial charge in [0.15, 0.2) is 0 Å². The maximum absolute atomic E-state index is 11.5. The molecule has 0 atom stereocenters. The molecule has 4 nitrogen and oxygen atoms in total. The minimum Gasteiger partial charge on any atom is -0.399 e. The summed E-state index contributed by atoms with van der Waals surface area (Å²) in [5.74, 6) is -0.478. The normalized spacial score (nSPS) is 10.3. The minimum atomic E-state index is -0.478. The van der Waals surface area contributed by atoms with Crippen molar-refractivity contribution in [2.45, 2.75) is 6.54 Å². The first-order chi connectivity index (χ1) is 9.47. The van der Waals surface area contributed by atoms with Crippen molar-refractivity contribution in [3.63, 3.8) is 0 Å². The Hall–Kier alpha value is -2.01. The summed E-state index contributed by atoms with van der Waals surface area (Å²) in [5, 5.41) is 0. The van der Waals surface area contributed by atoms with Gasteiger partial charge in [0, 0.05) is 29.4 Å². The van der Waals surface area contributed by atoms with Crippen molar-refractivity contribution in [2.75, 3.05) is 17.7 Å². The maximum Gasteiger partial charge on any atom is 0.250 e. The third kappa shape index (κ3) is 3.30. The third-order valence-corrected chi connectivity index (χ3v) is 3.50. The Labute approximate surface area is 126 Å². The fourth-order valence-corrected chi connectivity index (χ4v) is 2.52. The lowest BCUT2D eigenvalue weighted by atomic mass is 10.1. The largest absolute Gasteiger partial charge is 0.399 e. The van der Waals surface area contributed by atoms with Gasteiger partial charge in [0.25, 0.3) is 5.91 Å². The van der Waals surface area contributed by atoms with Gasteiger partial charge in [-0.1, -0.05) is 28.1 Å². The van der Waals surface area contributed by atoms with E-state index in [1.54, 1.807) is 12.1 Å². The van der Waals surface area contributed by atoms with E-state index in [0.717, 1.165) is 15.7 Å². The summed E-state index contributed by atoms with van der Waals surface area (Å²) < 4.78 is 1.02. The standard InChI is InChI=1S/C15H16BrN3O/c1-19(9-10-3-2-4-11(16)7-10)14-6-5-12(17)8-13(14)15(18)20/h2-8H,9,17H2,1H3,(H2,18,20). The molecule has 5 heteroatoms. The molecule has 1 amide bonds. The number of carbonyl (C=O) groups excluding carboxylic acids is 1. The van der Waals surface area contributed by atoms with E-state index >= 15 is 0 Å². The van der Waals surface area contributed by atoms with Crippen molar-refractivity contribution in [3.05, 3.63) is 58.1 Å². The Morgan fingerprint density at radius 2 is 2.00 bits per heavy atom. The molecule has 0 aliphatic rings. The van der Waals surface area contributed by atoms with Crippen molar-refractivity contribution in [1.29, 1.82) is 0 Å². The Morgan fingerprint density at radius 3 is 2.65 bits per heavy atom. The number of carbonyl (C=O) groups is 1. The zero-order valence-electron chi connectivity index (χ0n) is 11.1. The highest BCUT2D eigenvalue weighted by Crippen LogP contribution is 2.24. The lowest BCUT2D eigenvalue weighted by molar-refractivity contribution is 0.100. The Morgan fingerprint density at radius 1 is 1.25 bits per heavy atom. The summed E-state index contributed by atoms with van der Waals surface area (Å²) in [6.45, 7) is 0.670. The molecule has 0 bridgehead atoms. The van der Waals surface area contributed by atoms with E-state index in [0.29, 0.717) is 17.8 Å². The summed E-state index contributed by atoms with van der Waals surface area (Å²) >= 11 is 3.45. The highest BCUT2D eigenvalue weighted by atomic mass is 79.9. The van der Waals surface area contributed by atoms with Crippen LogP contribution in [0.4, 0.5) is 11.4 Å². The van der Waals surface area contributed by atoms with Crippen LogP contribution in [-0.4, -0.2) is 13.0 Å². The molecule has 0 saturated carbocycles. The van der Waals surface area contributed by atoms with E-state index < -0.39 is 5.91 Å². The number of nitrogen functional groups attached to an aromatic ring is 1.